The molecule has 26 heavy (non-hydrogen) atoms. The molecule has 0 atom stereocenters. The summed E-state index contributed by atoms with van der Waals surface area (Å²) < 4.78 is 0. The van der Waals surface area contributed by atoms with Gasteiger partial charge in [-0.05, 0) is 13.0 Å². The summed E-state index contributed by atoms with van der Waals surface area (Å²) in [6.07, 6.45) is 0. The third kappa shape index (κ3) is 3.25. The molecule has 0 aliphatic heterocycles. The first-order chi connectivity index (χ1) is 12.6. The van der Waals surface area contributed by atoms with Gasteiger partial charge in [-0.1, -0.05) is 30.3 Å². The Hall–Kier alpha value is -2.93. The number of hydrogen-bond acceptors (Lipinski definition) is 6. The Bertz CT molecular complexity index is 1030. The van der Waals surface area contributed by atoms with Crippen LogP contribution < -0.4 is 10.2 Å². The van der Waals surface area contributed by atoms with E-state index in [1.54, 1.807) is 11.3 Å². The fraction of sp³-hybridized carbons (Fsp3) is 0.211. The van der Waals surface area contributed by atoms with Crippen molar-refractivity contribution < 1.29 is 0 Å². The molecule has 6 nitrogen and oxygen atoms in total. The van der Waals surface area contributed by atoms with Crippen molar-refractivity contribution >= 4 is 34.1 Å². The zero-order chi connectivity index (χ0) is 18.1. The predicted octanol–water partition coefficient (Wildman–Crippen LogP) is 4.07. The van der Waals surface area contributed by atoms with E-state index in [2.05, 4.69) is 43.8 Å². The summed E-state index contributed by atoms with van der Waals surface area (Å²) in [5, 5.41) is 7.53. The number of benzene rings is 1. The van der Waals surface area contributed by atoms with Crippen LogP contribution >= 0.6 is 11.3 Å². The molecule has 1 aromatic carbocycles. The van der Waals surface area contributed by atoms with E-state index in [9.17, 15) is 0 Å². The maximum atomic E-state index is 4.73. The third-order valence-electron chi connectivity index (χ3n) is 4.02. The third-order valence-corrected chi connectivity index (χ3v) is 4.96. The number of nitrogens with one attached hydrogen (secondary N) is 2. The number of nitrogens with zero attached hydrogens (tertiary/aromatic N) is 4. The SMILES string of the molecule is Cc1cc2c(NCc3csc(-c4ccccc4)n3)nc(N(C)C)nc2[nH]1. The molecule has 0 aliphatic rings. The molecule has 0 unspecified atom stereocenters. The van der Waals surface area contributed by atoms with Gasteiger partial charge in [-0.2, -0.15) is 9.97 Å². The van der Waals surface area contributed by atoms with Gasteiger partial charge in [0.05, 0.1) is 17.6 Å². The highest BCUT2D eigenvalue weighted by molar-refractivity contribution is 7.13. The van der Waals surface area contributed by atoms with Crippen molar-refractivity contribution in [1.29, 1.82) is 0 Å². The second-order valence-electron chi connectivity index (χ2n) is 6.34. The molecule has 2 N–H and O–H groups in total. The number of rotatable bonds is 5. The molecule has 0 radical (unpaired) electrons. The zero-order valence-corrected chi connectivity index (χ0v) is 15.8. The van der Waals surface area contributed by atoms with Gasteiger partial charge in [0.15, 0.2) is 0 Å². The molecule has 3 heterocycles. The molecule has 132 valence electrons. The Balaban J connectivity index is 1.59. The van der Waals surface area contributed by atoms with E-state index in [1.165, 1.54) is 0 Å². The predicted molar refractivity (Wildman–Crippen MR) is 108 cm³/mol. The topological polar surface area (TPSA) is 69.7 Å². The number of hydrogen-bond donors (Lipinski definition) is 2. The van der Waals surface area contributed by atoms with Crippen LogP contribution in [0, 0.1) is 6.92 Å². The van der Waals surface area contributed by atoms with Crippen molar-refractivity contribution in [3.63, 3.8) is 0 Å². The van der Waals surface area contributed by atoms with Crippen LogP contribution in [0.15, 0.2) is 41.8 Å². The Morgan fingerprint density at radius 1 is 1.12 bits per heavy atom. The quantitative estimate of drug-likeness (QED) is 0.559. The van der Waals surface area contributed by atoms with Crippen LogP contribution in [0.1, 0.15) is 11.4 Å². The first kappa shape index (κ1) is 16.5. The monoisotopic (exact) mass is 364 g/mol. The Kier molecular flexibility index (Phi) is 4.30. The molecule has 7 heteroatoms. The summed E-state index contributed by atoms with van der Waals surface area (Å²) in [4.78, 5) is 19.1. The van der Waals surface area contributed by atoms with Gasteiger partial charge in [-0.3, -0.25) is 0 Å². The van der Waals surface area contributed by atoms with Crippen molar-refractivity contribution in [1.82, 2.24) is 19.9 Å². The van der Waals surface area contributed by atoms with E-state index in [0.717, 1.165) is 38.8 Å². The molecule has 4 aromatic rings. The number of aromatic amines is 1. The average molecular weight is 364 g/mol. The van der Waals surface area contributed by atoms with Crippen molar-refractivity contribution in [3.8, 4) is 10.6 Å². The van der Waals surface area contributed by atoms with Crippen LogP contribution in [-0.4, -0.2) is 34.0 Å². The van der Waals surface area contributed by atoms with Crippen LogP contribution in [0.4, 0.5) is 11.8 Å². The number of anilines is 2. The van der Waals surface area contributed by atoms with Crippen LogP contribution in [-0.2, 0) is 6.54 Å². The molecule has 0 saturated heterocycles. The highest BCUT2D eigenvalue weighted by atomic mass is 32.1. The Morgan fingerprint density at radius 3 is 2.69 bits per heavy atom. The minimum absolute atomic E-state index is 0.618. The highest BCUT2D eigenvalue weighted by Gasteiger charge is 2.12. The van der Waals surface area contributed by atoms with Crippen LogP contribution in [0.25, 0.3) is 21.6 Å². The molecular weight excluding hydrogens is 344 g/mol. The number of thiazole rings is 1. The van der Waals surface area contributed by atoms with Crippen molar-refractivity contribution in [2.75, 3.05) is 24.3 Å². The standard InChI is InChI=1S/C19H20N6S/c1-12-9-15-16(23-19(25(2)3)24-17(15)21-12)20-10-14-11-26-18(22-14)13-7-5-4-6-8-13/h4-9,11H,10H2,1-3H3,(H2,20,21,23,24). The molecule has 4 rings (SSSR count). The van der Waals surface area contributed by atoms with Gasteiger partial charge in [0.1, 0.15) is 16.5 Å². The van der Waals surface area contributed by atoms with Gasteiger partial charge in [-0.15, -0.1) is 11.3 Å². The van der Waals surface area contributed by atoms with E-state index < -0.39 is 0 Å². The summed E-state index contributed by atoms with van der Waals surface area (Å²) in [6.45, 7) is 2.64. The van der Waals surface area contributed by atoms with E-state index in [0.29, 0.717) is 12.5 Å². The highest BCUT2D eigenvalue weighted by Crippen LogP contribution is 2.26. The van der Waals surface area contributed by atoms with Gasteiger partial charge < -0.3 is 15.2 Å². The molecular formula is C19H20N6S. The summed E-state index contributed by atoms with van der Waals surface area (Å²) >= 11 is 1.66. The van der Waals surface area contributed by atoms with Crippen molar-refractivity contribution in [2.45, 2.75) is 13.5 Å². The number of H-pyrrole nitrogens is 1. The summed E-state index contributed by atoms with van der Waals surface area (Å²) in [7, 11) is 3.88. The maximum absolute atomic E-state index is 4.73. The second kappa shape index (κ2) is 6.76. The molecule has 3 aromatic heterocycles. The lowest BCUT2D eigenvalue weighted by Gasteiger charge is -2.12. The molecule has 0 bridgehead atoms. The van der Waals surface area contributed by atoms with E-state index >= 15 is 0 Å². The fourth-order valence-electron chi connectivity index (χ4n) is 2.74. The maximum Gasteiger partial charge on any atom is 0.228 e. The van der Waals surface area contributed by atoms with Crippen LogP contribution in [0.2, 0.25) is 0 Å². The lowest BCUT2D eigenvalue weighted by Crippen LogP contribution is -2.14. The molecule has 0 amide bonds. The molecule has 0 saturated carbocycles. The van der Waals surface area contributed by atoms with Crippen LogP contribution in [0.5, 0.6) is 0 Å². The van der Waals surface area contributed by atoms with Gasteiger partial charge >= 0.3 is 0 Å². The van der Waals surface area contributed by atoms with Crippen LogP contribution in [0.3, 0.4) is 0 Å². The zero-order valence-electron chi connectivity index (χ0n) is 14.9. The first-order valence-corrected chi connectivity index (χ1v) is 9.26. The van der Waals surface area contributed by atoms with Gasteiger partial charge in [0, 0.05) is 30.7 Å². The van der Waals surface area contributed by atoms with E-state index in [4.69, 9.17) is 4.98 Å². The summed E-state index contributed by atoms with van der Waals surface area (Å²) in [5.41, 5.74) is 4.05. The normalized spacial score (nSPS) is 11.0. The largest absolute Gasteiger partial charge is 0.364 e. The lowest BCUT2D eigenvalue weighted by molar-refractivity contribution is 0.994. The van der Waals surface area contributed by atoms with Crippen molar-refractivity contribution in [2.24, 2.45) is 0 Å². The number of fused-ring (bicyclic) bond motifs is 1. The Morgan fingerprint density at radius 2 is 1.92 bits per heavy atom. The average Bonchev–Trinajstić information content (AvgIpc) is 3.26. The fourth-order valence-corrected chi connectivity index (χ4v) is 3.57. The number of aryl methyl sites for hydroxylation is 1. The van der Waals surface area contributed by atoms with E-state index in [-0.39, 0.29) is 0 Å². The minimum Gasteiger partial charge on any atom is -0.364 e. The summed E-state index contributed by atoms with van der Waals surface area (Å²) in [5.74, 6) is 1.49. The molecule has 0 fully saturated rings. The lowest BCUT2D eigenvalue weighted by atomic mass is 10.2. The van der Waals surface area contributed by atoms with Crippen molar-refractivity contribution in [3.05, 3.63) is 53.2 Å². The van der Waals surface area contributed by atoms with Gasteiger partial charge in [0.2, 0.25) is 5.95 Å². The Labute approximate surface area is 156 Å². The molecule has 0 spiro atoms. The minimum atomic E-state index is 0.618. The van der Waals surface area contributed by atoms with Gasteiger partial charge in [-0.25, -0.2) is 4.98 Å². The molecule has 0 aliphatic carbocycles. The number of aromatic nitrogens is 4. The van der Waals surface area contributed by atoms with Gasteiger partial charge in [0.25, 0.3) is 0 Å². The second-order valence-corrected chi connectivity index (χ2v) is 7.20. The summed E-state index contributed by atoms with van der Waals surface area (Å²) in [6, 6.07) is 12.3. The first-order valence-electron chi connectivity index (χ1n) is 8.38. The van der Waals surface area contributed by atoms with E-state index in [1.807, 2.05) is 44.1 Å². The smallest absolute Gasteiger partial charge is 0.228 e.